The van der Waals surface area contributed by atoms with Crippen molar-refractivity contribution in [1.82, 2.24) is 0 Å². The molecule has 0 aliphatic heterocycles. The van der Waals surface area contributed by atoms with Crippen LogP contribution in [0.25, 0.3) is 0 Å². The van der Waals surface area contributed by atoms with Gasteiger partial charge in [-0.25, -0.2) is 0 Å². The molecule has 0 saturated carbocycles. The number of benzene rings is 1. The third-order valence-corrected chi connectivity index (χ3v) is 2.44. The van der Waals surface area contributed by atoms with Gasteiger partial charge in [0.05, 0.1) is 0 Å². The number of aliphatic hydroxyl groups excluding tert-OH is 1. The lowest BCUT2D eigenvalue weighted by Crippen LogP contribution is -2.45. The second kappa shape index (κ2) is 4.29. The van der Waals surface area contributed by atoms with E-state index < -0.39 is 18.0 Å². The fourth-order valence-corrected chi connectivity index (χ4v) is 1.47. The van der Waals surface area contributed by atoms with Crippen LogP contribution in [-0.2, 0) is 4.79 Å². The van der Waals surface area contributed by atoms with Crippen LogP contribution in [0.1, 0.15) is 22.8 Å². The molecule has 94 valence electrons. The van der Waals surface area contributed by atoms with Gasteiger partial charge in [0.15, 0.2) is 0 Å². The van der Waals surface area contributed by atoms with Crippen LogP contribution >= 0.6 is 0 Å². The number of hydrogen-bond acceptors (Lipinski definition) is 4. The average Bonchev–Trinajstić information content (AvgIpc) is 2.23. The number of carboxylic acid groups (broad SMARTS) is 1. The predicted molar refractivity (Wildman–Crippen MR) is 52.5 cm³/mol. The van der Waals surface area contributed by atoms with Crippen molar-refractivity contribution in [1.29, 1.82) is 0 Å². The van der Waals surface area contributed by atoms with E-state index >= 15 is 0 Å². The Morgan fingerprint density at radius 2 is 1.76 bits per heavy atom. The topological polar surface area (TPSA) is 80.6 Å². The third-order valence-electron chi connectivity index (χ3n) is 2.44. The SMILES string of the molecule is Cc1cc(C(O)C(F)(F)C(=O)[O-])cc(C)c1O. The molecule has 2 N–H and O–H groups in total. The minimum absolute atomic E-state index is 0.0854. The Hall–Kier alpha value is -1.69. The van der Waals surface area contributed by atoms with Crippen molar-refractivity contribution in [2.45, 2.75) is 25.9 Å². The van der Waals surface area contributed by atoms with Crippen molar-refractivity contribution in [3.05, 3.63) is 28.8 Å². The number of rotatable bonds is 3. The maximum absolute atomic E-state index is 13.0. The number of aliphatic carboxylic acids is 1. The second-order valence-electron chi connectivity index (χ2n) is 3.82. The van der Waals surface area contributed by atoms with Crippen LogP contribution in [0.2, 0.25) is 0 Å². The zero-order chi connectivity index (χ0) is 13.4. The molecule has 1 atom stereocenters. The number of carboxylic acids is 1. The molecule has 1 aromatic rings. The molecule has 0 amide bonds. The van der Waals surface area contributed by atoms with E-state index in [4.69, 9.17) is 0 Å². The molecule has 0 radical (unpaired) electrons. The van der Waals surface area contributed by atoms with Crippen LogP contribution in [0.5, 0.6) is 5.75 Å². The number of halogens is 2. The first kappa shape index (κ1) is 13.4. The Bertz CT molecular complexity index is 434. The van der Waals surface area contributed by atoms with E-state index in [0.717, 1.165) is 12.1 Å². The molecule has 4 nitrogen and oxygen atoms in total. The number of aromatic hydroxyl groups is 1. The Labute approximate surface area is 96.1 Å². The molecule has 17 heavy (non-hydrogen) atoms. The first-order valence-corrected chi connectivity index (χ1v) is 4.75. The normalized spacial score (nSPS) is 13.5. The van der Waals surface area contributed by atoms with Gasteiger partial charge in [-0.2, -0.15) is 8.78 Å². The largest absolute Gasteiger partial charge is 0.544 e. The Morgan fingerprint density at radius 3 is 2.12 bits per heavy atom. The summed E-state index contributed by atoms with van der Waals surface area (Å²) in [4.78, 5) is 10.2. The van der Waals surface area contributed by atoms with Gasteiger partial charge in [-0.15, -0.1) is 0 Å². The van der Waals surface area contributed by atoms with Gasteiger partial charge in [-0.05, 0) is 42.7 Å². The highest BCUT2D eigenvalue weighted by Gasteiger charge is 2.41. The van der Waals surface area contributed by atoms with Crippen LogP contribution in [0.15, 0.2) is 12.1 Å². The van der Waals surface area contributed by atoms with Gasteiger partial charge in [-0.1, -0.05) is 0 Å². The first-order chi connectivity index (χ1) is 7.67. The van der Waals surface area contributed by atoms with E-state index in [1.54, 1.807) is 0 Å². The molecule has 0 spiro atoms. The summed E-state index contributed by atoms with van der Waals surface area (Å²) >= 11 is 0. The maximum Gasteiger partial charge on any atom is 0.316 e. The van der Waals surface area contributed by atoms with E-state index in [2.05, 4.69) is 0 Å². The summed E-state index contributed by atoms with van der Waals surface area (Å²) in [5.41, 5.74) is 0.258. The molecule has 0 bridgehead atoms. The lowest BCUT2D eigenvalue weighted by Gasteiger charge is -2.24. The summed E-state index contributed by atoms with van der Waals surface area (Å²) in [5.74, 6) is -7.11. The van der Waals surface area contributed by atoms with E-state index in [-0.39, 0.29) is 22.4 Å². The van der Waals surface area contributed by atoms with Crippen LogP contribution in [0.3, 0.4) is 0 Å². The Balaban J connectivity index is 3.22. The second-order valence-corrected chi connectivity index (χ2v) is 3.82. The van der Waals surface area contributed by atoms with Crippen molar-refractivity contribution in [3.63, 3.8) is 0 Å². The lowest BCUT2D eigenvalue weighted by molar-refractivity contribution is -0.336. The zero-order valence-electron chi connectivity index (χ0n) is 9.20. The lowest BCUT2D eigenvalue weighted by atomic mass is 9.98. The highest BCUT2D eigenvalue weighted by Crippen LogP contribution is 2.34. The van der Waals surface area contributed by atoms with Crippen LogP contribution in [0, 0.1) is 13.8 Å². The zero-order valence-corrected chi connectivity index (χ0v) is 9.20. The van der Waals surface area contributed by atoms with Crippen LogP contribution in [-0.4, -0.2) is 22.1 Å². The molecule has 0 aliphatic rings. The number of phenolic OH excluding ortho intramolecular Hbond substituents is 1. The number of carbonyl (C=O) groups is 1. The molecule has 0 saturated heterocycles. The molecule has 6 heteroatoms. The summed E-state index contributed by atoms with van der Waals surface area (Å²) in [6.45, 7) is 2.91. The molecular formula is C11H11F2O4-. The summed E-state index contributed by atoms with van der Waals surface area (Å²) in [6, 6.07) is 2.20. The summed E-state index contributed by atoms with van der Waals surface area (Å²) in [5, 5.41) is 28.9. The van der Waals surface area contributed by atoms with Crippen molar-refractivity contribution in [2.24, 2.45) is 0 Å². The van der Waals surface area contributed by atoms with E-state index in [9.17, 15) is 28.9 Å². The van der Waals surface area contributed by atoms with E-state index in [1.165, 1.54) is 13.8 Å². The molecule has 0 aliphatic carbocycles. The fraction of sp³-hybridized carbons (Fsp3) is 0.364. The van der Waals surface area contributed by atoms with Crippen LogP contribution < -0.4 is 5.11 Å². The minimum atomic E-state index is -4.38. The number of aliphatic hydroxyl groups is 1. The molecule has 1 unspecified atom stereocenters. The molecule has 0 fully saturated rings. The van der Waals surface area contributed by atoms with Gasteiger partial charge in [0, 0.05) is 0 Å². The highest BCUT2D eigenvalue weighted by molar-refractivity contribution is 5.74. The van der Waals surface area contributed by atoms with Crippen molar-refractivity contribution < 1.29 is 28.9 Å². The molecule has 1 aromatic carbocycles. The standard InChI is InChI=1S/C11H12F2O4/c1-5-3-7(4-6(2)8(5)14)9(15)11(12,13)10(16)17/h3-4,9,14-15H,1-2H3,(H,16,17)/p-1. The third kappa shape index (κ3) is 2.36. The number of alkyl halides is 2. The number of carbonyl (C=O) groups excluding carboxylic acids is 1. The molecule has 0 heterocycles. The predicted octanol–water partition coefficient (Wildman–Crippen LogP) is 0.428. The summed E-state index contributed by atoms with van der Waals surface area (Å²) in [6.07, 6.45) is -2.51. The Kier molecular flexibility index (Phi) is 3.38. The molecule has 1 rings (SSSR count). The van der Waals surface area contributed by atoms with Crippen molar-refractivity contribution in [2.75, 3.05) is 0 Å². The minimum Gasteiger partial charge on any atom is -0.544 e. The van der Waals surface area contributed by atoms with Crippen molar-refractivity contribution in [3.8, 4) is 5.75 Å². The smallest absolute Gasteiger partial charge is 0.316 e. The number of aryl methyl sites for hydroxylation is 2. The fourth-order valence-electron chi connectivity index (χ4n) is 1.47. The van der Waals surface area contributed by atoms with Gasteiger partial charge >= 0.3 is 5.92 Å². The van der Waals surface area contributed by atoms with Gasteiger partial charge in [0.1, 0.15) is 17.8 Å². The number of hydrogen-bond donors (Lipinski definition) is 2. The van der Waals surface area contributed by atoms with Gasteiger partial charge < -0.3 is 20.1 Å². The maximum atomic E-state index is 13.0. The average molecular weight is 245 g/mol. The van der Waals surface area contributed by atoms with Gasteiger partial charge in [-0.3, -0.25) is 0 Å². The Morgan fingerprint density at radius 1 is 1.35 bits per heavy atom. The monoisotopic (exact) mass is 245 g/mol. The summed E-state index contributed by atoms with van der Waals surface area (Å²) in [7, 11) is 0. The summed E-state index contributed by atoms with van der Waals surface area (Å²) < 4.78 is 26.0. The molecule has 0 aromatic heterocycles. The quantitative estimate of drug-likeness (QED) is 0.809. The van der Waals surface area contributed by atoms with Crippen LogP contribution in [0.4, 0.5) is 8.78 Å². The first-order valence-electron chi connectivity index (χ1n) is 4.75. The van der Waals surface area contributed by atoms with Gasteiger partial charge in [0.25, 0.3) is 0 Å². The van der Waals surface area contributed by atoms with Gasteiger partial charge in [0.2, 0.25) is 0 Å². The van der Waals surface area contributed by atoms with E-state index in [1.807, 2.05) is 0 Å². The molecular weight excluding hydrogens is 234 g/mol. The number of phenols is 1. The van der Waals surface area contributed by atoms with Crippen molar-refractivity contribution >= 4 is 5.97 Å². The highest BCUT2D eigenvalue weighted by atomic mass is 19.3. The van der Waals surface area contributed by atoms with E-state index in [0.29, 0.717) is 0 Å².